The third kappa shape index (κ3) is 2.84. The van der Waals surface area contributed by atoms with Crippen LogP contribution in [0.15, 0.2) is 29.3 Å². The highest BCUT2D eigenvalue weighted by molar-refractivity contribution is 7.11. The molecule has 100 valence electrons. The maximum Gasteiger partial charge on any atom is 0.190 e. The van der Waals surface area contributed by atoms with Crippen molar-refractivity contribution in [2.24, 2.45) is 4.99 Å². The van der Waals surface area contributed by atoms with Crippen LogP contribution in [0.2, 0.25) is 0 Å². The minimum atomic E-state index is 0.107. The van der Waals surface area contributed by atoms with Gasteiger partial charge in [0.25, 0.3) is 0 Å². The van der Waals surface area contributed by atoms with E-state index in [0.29, 0.717) is 0 Å². The van der Waals surface area contributed by atoms with Gasteiger partial charge in [-0.2, -0.15) is 0 Å². The van der Waals surface area contributed by atoms with Crippen molar-refractivity contribution in [3.05, 3.63) is 45.2 Å². The van der Waals surface area contributed by atoms with E-state index in [1.54, 1.807) is 6.92 Å². The highest BCUT2D eigenvalue weighted by Gasteiger charge is 2.12. The van der Waals surface area contributed by atoms with Crippen molar-refractivity contribution >= 4 is 22.8 Å². The Morgan fingerprint density at radius 3 is 2.42 bits per heavy atom. The predicted octanol–water partition coefficient (Wildman–Crippen LogP) is 3.62. The molecule has 0 bridgehead atoms. The van der Waals surface area contributed by atoms with Gasteiger partial charge in [-0.1, -0.05) is 29.0 Å². The first-order chi connectivity index (χ1) is 9.02. The highest BCUT2D eigenvalue weighted by atomic mass is 32.1. The summed E-state index contributed by atoms with van der Waals surface area (Å²) in [6.07, 6.45) is 0. The van der Waals surface area contributed by atoms with Crippen LogP contribution in [0.5, 0.6) is 0 Å². The van der Waals surface area contributed by atoms with E-state index in [1.807, 2.05) is 31.2 Å². The maximum absolute atomic E-state index is 11.6. The van der Waals surface area contributed by atoms with Gasteiger partial charge in [-0.25, -0.2) is 4.99 Å². The van der Waals surface area contributed by atoms with Crippen molar-refractivity contribution < 1.29 is 4.79 Å². The summed E-state index contributed by atoms with van der Waals surface area (Å²) < 4.78 is 2.08. The quantitative estimate of drug-likeness (QED) is 0.787. The molecule has 2 rings (SSSR count). The van der Waals surface area contributed by atoms with Gasteiger partial charge in [-0.15, -0.1) is 0 Å². The Bertz CT molecular complexity index is 662. The lowest BCUT2D eigenvalue weighted by atomic mass is 10.2. The molecule has 0 fully saturated rings. The summed E-state index contributed by atoms with van der Waals surface area (Å²) in [5.74, 6) is 0.107. The van der Waals surface area contributed by atoms with E-state index >= 15 is 0 Å². The molecule has 4 heteroatoms. The summed E-state index contributed by atoms with van der Waals surface area (Å²) in [6.45, 7) is 8.52. The molecule has 1 aromatic carbocycles. The molecule has 0 aliphatic heterocycles. The molecule has 3 nitrogen and oxygen atoms in total. The Hall–Kier alpha value is -1.68. The van der Waals surface area contributed by atoms with Crippen LogP contribution < -0.4 is 4.80 Å². The number of rotatable bonds is 3. The van der Waals surface area contributed by atoms with Crippen molar-refractivity contribution in [2.45, 2.75) is 34.2 Å². The SMILES string of the molecule is CCn1c(C)c(C(C)=O)s/c1=N\c1ccc(C)cc1. The van der Waals surface area contributed by atoms with Gasteiger partial charge in [-0.3, -0.25) is 4.79 Å². The van der Waals surface area contributed by atoms with Gasteiger partial charge in [0.1, 0.15) is 0 Å². The van der Waals surface area contributed by atoms with Gasteiger partial charge in [0.2, 0.25) is 0 Å². The number of hydrogen-bond acceptors (Lipinski definition) is 3. The Morgan fingerprint density at radius 2 is 1.89 bits per heavy atom. The monoisotopic (exact) mass is 274 g/mol. The lowest BCUT2D eigenvalue weighted by molar-refractivity contribution is 0.102. The third-order valence-corrected chi connectivity index (χ3v) is 4.33. The Balaban J connectivity index is 2.58. The van der Waals surface area contributed by atoms with Crippen LogP contribution in [0.4, 0.5) is 5.69 Å². The fourth-order valence-corrected chi connectivity index (χ4v) is 3.11. The van der Waals surface area contributed by atoms with E-state index in [4.69, 9.17) is 0 Å². The van der Waals surface area contributed by atoms with E-state index in [1.165, 1.54) is 16.9 Å². The number of carbonyl (C=O) groups is 1. The molecule has 0 unspecified atom stereocenters. The topological polar surface area (TPSA) is 34.4 Å². The molecule has 0 N–H and O–H groups in total. The molecule has 1 aromatic heterocycles. The number of ketones is 1. The van der Waals surface area contributed by atoms with Crippen LogP contribution >= 0.6 is 11.3 Å². The molecule has 0 saturated heterocycles. The summed E-state index contributed by atoms with van der Waals surface area (Å²) >= 11 is 1.46. The van der Waals surface area contributed by atoms with E-state index in [0.717, 1.165) is 27.6 Å². The molecule has 1 heterocycles. The van der Waals surface area contributed by atoms with Gasteiger partial charge in [-0.05, 0) is 32.9 Å². The number of thiazole rings is 1. The summed E-state index contributed by atoms with van der Waals surface area (Å²) in [7, 11) is 0. The zero-order chi connectivity index (χ0) is 14.0. The number of aryl methyl sites for hydroxylation is 1. The van der Waals surface area contributed by atoms with Crippen LogP contribution in [0.1, 0.15) is 34.8 Å². The van der Waals surface area contributed by atoms with Gasteiger partial charge in [0, 0.05) is 19.2 Å². The van der Waals surface area contributed by atoms with Gasteiger partial charge in [0.15, 0.2) is 10.6 Å². The van der Waals surface area contributed by atoms with Crippen LogP contribution in [0.25, 0.3) is 0 Å². The first kappa shape index (κ1) is 13.7. The normalized spacial score (nSPS) is 11.9. The Kier molecular flexibility index (Phi) is 4.00. The van der Waals surface area contributed by atoms with Crippen LogP contribution in [-0.2, 0) is 6.54 Å². The summed E-state index contributed by atoms with van der Waals surface area (Å²) in [5, 5.41) is 0. The maximum atomic E-state index is 11.6. The first-order valence-electron chi connectivity index (χ1n) is 6.35. The molecule has 0 amide bonds. The van der Waals surface area contributed by atoms with Crippen molar-refractivity contribution in [1.82, 2.24) is 4.57 Å². The zero-order valence-corrected chi connectivity index (χ0v) is 12.5. The van der Waals surface area contributed by atoms with E-state index < -0.39 is 0 Å². The second kappa shape index (κ2) is 5.53. The Labute approximate surface area is 117 Å². The largest absolute Gasteiger partial charge is 0.321 e. The molecule has 0 radical (unpaired) electrons. The first-order valence-corrected chi connectivity index (χ1v) is 7.17. The fourth-order valence-electron chi connectivity index (χ4n) is 2.00. The van der Waals surface area contributed by atoms with E-state index in [2.05, 4.69) is 23.4 Å². The van der Waals surface area contributed by atoms with Crippen LogP contribution in [0, 0.1) is 13.8 Å². The van der Waals surface area contributed by atoms with Crippen LogP contribution in [0.3, 0.4) is 0 Å². The van der Waals surface area contributed by atoms with Crippen molar-refractivity contribution in [3.8, 4) is 0 Å². The number of aromatic nitrogens is 1. The molecule has 0 atom stereocenters. The molecule has 19 heavy (non-hydrogen) atoms. The number of Topliss-reactive ketones (excluding diaryl/α,β-unsaturated/α-hetero) is 1. The standard InChI is InChI=1S/C15H18N2OS/c1-5-17-11(3)14(12(4)18)19-15(17)16-13-8-6-10(2)7-9-13/h6-9H,5H2,1-4H3/b16-15-. The fraction of sp³-hybridized carbons (Fsp3) is 0.333. The number of benzene rings is 1. The minimum absolute atomic E-state index is 0.107. The average molecular weight is 274 g/mol. The zero-order valence-electron chi connectivity index (χ0n) is 11.7. The number of nitrogens with zero attached hydrogens (tertiary/aromatic N) is 2. The molecule has 0 spiro atoms. The van der Waals surface area contributed by atoms with Crippen molar-refractivity contribution in [2.75, 3.05) is 0 Å². The summed E-state index contributed by atoms with van der Waals surface area (Å²) in [5.41, 5.74) is 3.14. The van der Waals surface area contributed by atoms with Gasteiger partial charge in [0.05, 0.1) is 10.6 Å². The molecule has 0 aliphatic rings. The Morgan fingerprint density at radius 1 is 1.26 bits per heavy atom. The van der Waals surface area contributed by atoms with Gasteiger partial charge >= 0.3 is 0 Å². The number of hydrogen-bond donors (Lipinski definition) is 0. The summed E-state index contributed by atoms with van der Waals surface area (Å²) in [6, 6.07) is 8.08. The predicted molar refractivity (Wildman–Crippen MR) is 79.1 cm³/mol. The second-order valence-corrected chi connectivity index (χ2v) is 5.52. The molecule has 2 aromatic rings. The molecule has 0 aliphatic carbocycles. The minimum Gasteiger partial charge on any atom is -0.321 e. The smallest absolute Gasteiger partial charge is 0.190 e. The highest BCUT2D eigenvalue weighted by Crippen LogP contribution is 2.16. The van der Waals surface area contributed by atoms with E-state index in [-0.39, 0.29) is 5.78 Å². The second-order valence-electron chi connectivity index (χ2n) is 4.55. The lowest BCUT2D eigenvalue weighted by Crippen LogP contribution is -2.14. The molecule has 0 saturated carbocycles. The van der Waals surface area contributed by atoms with Gasteiger partial charge < -0.3 is 4.57 Å². The average Bonchev–Trinajstić information content (AvgIpc) is 2.68. The van der Waals surface area contributed by atoms with Crippen molar-refractivity contribution in [3.63, 3.8) is 0 Å². The number of carbonyl (C=O) groups excluding carboxylic acids is 1. The molecular formula is C15H18N2OS. The lowest BCUT2D eigenvalue weighted by Gasteiger charge is -2.01. The summed E-state index contributed by atoms with van der Waals surface area (Å²) in [4.78, 5) is 17.9. The third-order valence-electron chi connectivity index (χ3n) is 3.05. The van der Waals surface area contributed by atoms with Crippen LogP contribution in [-0.4, -0.2) is 10.4 Å². The van der Waals surface area contributed by atoms with Crippen molar-refractivity contribution in [1.29, 1.82) is 0 Å². The molecular weight excluding hydrogens is 256 g/mol. The van der Waals surface area contributed by atoms with E-state index in [9.17, 15) is 4.79 Å².